The third-order valence-electron chi connectivity index (χ3n) is 3.48. The van der Waals surface area contributed by atoms with Gasteiger partial charge in [0.2, 0.25) is 0 Å². The first-order chi connectivity index (χ1) is 9.69. The van der Waals surface area contributed by atoms with Gasteiger partial charge in [0.1, 0.15) is 5.82 Å². The van der Waals surface area contributed by atoms with Crippen LogP contribution in [0.25, 0.3) is 0 Å². The van der Waals surface area contributed by atoms with Crippen molar-refractivity contribution in [2.75, 3.05) is 19.7 Å². The molecule has 0 unspecified atom stereocenters. The van der Waals surface area contributed by atoms with Crippen LogP contribution in [0.1, 0.15) is 30.4 Å². The zero-order valence-corrected chi connectivity index (χ0v) is 11.5. The molecule has 0 radical (unpaired) electrons. The molecule has 0 spiro atoms. The average Bonchev–Trinajstić information content (AvgIpc) is 2.44. The van der Waals surface area contributed by atoms with Gasteiger partial charge in [-0.05, 0) is 30.5 Å². The maximum atomic E-state index is 13.3. The van der Waals surface area contributed by atoms with Gasteiger partial charge in [-0.2, -0.15) is 0 Å². The summed E-state index contributed by atoms with van der Waals surface area (Å²) in [6.45, 7) is 2.43. The molecule has 1 heterocycles. The maximum Gasteiger partial charge on any atom is 0.124 e. The molecule has 1 aromatic rings. The van der Waals surface area contributed by atoms with Gasteiger partial charge < -0.3 is 10.2 Å². The molecule has 1 aliphatic rings. The third kappa shape index (κ3) is 4.31. The zero-order chi connectivity index (χ0) is 14.4. The van der Waals surface area contributed by atoms with Crippen LogP contribution in [0.2, 0.25) is 0 Å². The van der Waals surface area contributed by atoms with E-state index in [1.807, 2.05) is 0 Å². The Morgan fingerprint density at radius 2 is 2.05 bits per heavy atom. The Kier molecular flexibility index (Phi) is 5.54. The number of hydrogen-bond donors (Lipinski definition) is 2. The molecule has 2 rings (SSSR count). The molecule has 2 N–H and O–H groups in total. The molecular weight excluding hydrogens is 257 g/mol. The number of hydrogen-bond acceptors (Lipinski definition) is 3. The lowest BCUT2D eigenvalue weighted by Crippen LogP contribution is -2.35. The Balaban J connectivity index is 2.08. The number of halogens is 1. The number of nitrogens with zero attached hydrogens (tertiary/aromatic N) is 1. The van der Waals surface area contributed by atoms with Crippen LogP contribution in [0.5, 0.6) is 0 Å². The monoisotopic (exact) mass is 277 g/mol. The molecule has 0 saturated carbocycles. The van der Waals surface area contributed by atoms with Crippen molar-refractivity contribution < 1.29 is 14.6 Å². The Morgan fingerprint density at radius 1 is 1.30 bits per heavy atom. The molecule has 3 nitrogen and oxygen atoms in total. The Labute approximate surface area is 119 Å². The van der Waals surface area contributed by atoms with Gasteiger partial charge in [-0.3, -0.25) is 4.90 Å². The number of benzene rings is 1. The maximum absolute atomic E-state index is 13.3. The van der Waals surface area contributed by atoms with Gasteiger partial charge in [0.15, 0.2) is 0 Å². The minimum Gasteiger partial charge on any atom is -0.395 e. The summed E-state index contributed by atoms with van der Waals surface area (Å²) in [7, 11) is 0. The first kappa shape index (κ1) is 15.0. The molecular formula is C16H20FNO2. The molecule has 0 aromatic heterocycles. The van der Waals surface area contributed by atoms with E-state index in [-0.39, 0.29) is 18.5 Å². The number of piperidine rings is 1. The van der Waals surface area contributed by atoms with Gasteiger partial charge in [-0.15, -0.1) is 0 Å². The zero-order valence-electron chi connectivity index (χ0n) is 11.5. The molecule has 4 heteroatoms. The lowest BCUT2D eigenvalue weighted by atomic mass is 10.0. The molecule has 0 amide bonds. The van der Waals surface area contributed by atoms with Gasteiger partial charge in [0.05, 0.1) is 12.7 Å². The number of likely N-dealkylation sites (tertiary alicyclic amines) is 1. The van der Waals surface area contributed by atoms with Gasteiger partial charge in [-0.1, -0.05) is 17.9 Å². The van der Waals surface area contributed by atoms with E-state index in [1.165, 1.54) is 12.1 Å². The fourth-order valence-electron chi connectivity index (χ4n) is 2.33. The summed E-state index contributed by atoms with van der Waals surface area (Å²) in [6.07, 6.45) is 1.77. The van der Waals surface area contributed by atoms with Crippen LogP contribution < -0.4 is 0 Å². The summed E-state index contributed by atoms with van der Waals surface area (Å²) < 4.78 is 13.3. The normalized spacial score (nSPS) is 16.8. The van der Waals surface area contributed by atoms with Crippen molar-refractivity contribution >= 4 is 0 Å². The van der Waals surface area contributed by atoms with Crippen LogP contribution in [0.4, 0.5) is 4.39 Å². The molecule has 1 saturated heterocycles. The van der Waals surface area contributed by atoms with E-state index in [4.69, 9.17) is 5.11 Å². The summed E-state index contributed by atoms with van der Waals surface area (Å²) in [5, 5.41) is 18.3. The summed E-state index contributed by atoms with van der Waals surface area (Å²) in [5.41, 5.74) is 1.68. The molecule has 0 bridgehead atoms. The highest BCUT2D eigenvalue weighted by molar-refractivity contribution is 5.41. The van der Waals surface area contributed by atoms with E-state index >= 15 is 0 Å². The second-order valence-electron chi connectivity index (χ2n) is 5.08. The molecule has 0 atom stereocenters. The summed E-state index contributed by atoms with van der Waals surface area (Å²) in [6, 6.07) is 4.66. The van der Waals surface area contributed by atoms with Crippen LogP contribution in [-0.4, -0.2) is 40.9 Å². The lowest BCUT2D eigenvalue weighted by Gasteiger charge is -2.29. The Bertz CT molecular complexity index is 499. The molecule has 108 valence electrons. The summed E-state index contributed by atoms with van der Waals surface area (Å²) >= 11 is 0. The molecule has 0 aliphatic carbocycles. The highest BCUT2D eigenvalue weighted by Crippen LogP contribution is 2.17. The lowest BCUT2D eigenvalue weighted by molar-refractivity contribution is 0.0792. The third-order valence-corrected chi connectivity index (χ3v) is 3.48. The number of rotatable bonds is 3. The molecule has 1 aliphatic heterocycles. The van der Waals surface area contributed by atoms with Crippen LogP contribution >= 0.6 is 0 Å². The topological polar surface area (TPSA) is 43.7 Å². The van der Waals surface area contributed by atoms with Crippen LogP contribution in [0.15, 0.2) is 18.2 Å². The fraction of sp³-hybridized carbons (Fsp3) is 0.500. The number of aliphatic hydroxyl groups excluding tert-OH is 2. The van der Waals surface area contributed by atoms with E-state index in [2.05, 4.69) is 16.7 Å². The van der Waals surface area contributed by atoms with E-state index in [9.17, 15) is 9.50 Å². The SMILES string of the molecule is OCCC#Cc1cc(F)ccc1CN1CCC(O)CC1. The minimum atomic E-state index is -0.295. The largest absolute Gasteiger partial charge is 0.395 e. The Hall–Kier alpha value is -1.41. The van der Waals surface area contributed by atoms with Crippen molar-refractivity contribution in [3.05, 3.63) is 35.1 Å². The molecule has 1 fully saturated rings. The van der Waals surface area contributed by atoms with Crippen LogP contribution in [0.3, 0.4) is 0 Å². The second-order valence-corrected chi connectivity index (χ2v) is 5.08. The Morgan fingerprint density at radius 3 is 2.75 bits per heavy atom. The average molecular weight is 277 g/mol. The summed E-state index contributed by atoms with van der Waals surface area (Å²) in [5.74, 6) is 5.47. The van der Waals surface area contributed by atoms with Gasteiger partial charge >= 0.3 is 0 Å². The highest BCUT2D eigenvalue weighted by Gasteiger charge is 2.17. The minimum absolute atomic E-state index is 0.0155. The van der Waals surface area contributed by atoms with Gasteiger partial charge in [0.25, 0.3) is 0 Å². The highest BCUT2D eigenvalue weighted by atomic mass is 19.1. The first-order valence-corrected chi connectivity index (χ1v) is 6.97. The van der Waals surface area contributed by atoms with Crippen molar-refractivity contribution in [1.82, 2.24) is 4.90 Å². The number of aliphatic hydroxyl groups is 2. The van der Waals surface area contributed by atoms with E-state index in [0.717, 1.165) is 38.0 Å². The molecule has 1 aromatic carbocycles. The summed E-state index contributed by atoms with van der Waals surface area (Å²) in [4.78, 5) is 2.25. The standard InChI is InChI=1S/C16H20FNO2/c17-15-5-4-14(13(11-15)3-1-2-10-19)12-18-8-6-16(20)7-9-18/h4-5,11,16,19-20H,2,6-10,12H2. The smallest absolute Gasteiger partial charge is 0.124 e. The van der Waals surface area contributed by atoms with E-state index < -0.39 is 0 Å². The van der Waals surface area contributed by atoms with Crippen LogP contribution in [-0.2, 0) is 6.54 Å². The second kappa shape index (κ2) is 7.39. The predicted molar refractivity (Wildman–Crippen MR) is 75.5 cm³/mol. The first-order valence-electron chi connectivity index (χ1n) is 6.97. The quantitative estimate of drug-likeness (QED) is 0.823. The van der Waals surface area contributed by atoms with Crippen molar-refractivity contribution in [1.29, 1.82) is 0 Å². The van der Waals surface area contributed by atoms with Gasteiger partial charge in [0, 0.05) is 31.6 Å². The van der Waals surface area contributed by atoms with E-state index in [1.54, 1.807) is 6.07 Å². The fourth-order valence-corrected chi connectivity index (χ4v) is 2.33. The van der Waals surface area contributed by atoms with Gasteiger partial charge in [-0.25, -0.2) is 4.39 Å². The van der Waals surface area contributed by atoms with Crippen molar-refractivity contribution in [3.63, 3.8) is 0 Å². The van der Waals surface area contributed by atoms with Crippen LogP contribution in [0, 0.1) is 17.7 Å². The van der Waals surface area contributed by atoms with Crippen molar-refractivity contribution in [2.24, 2.45) is 0 Å². The molecule has 20 heavy (non-hydrogen) atoms. The van der Waals surface area contributed by atoms with E-state index in [0.29, 0.717) is 12.0 Å². The predicted octanol–water partition coefficient (Wildman–Crippen LogP) is 1.52. The van der Waals surface area contributed by atoms with Crippen molar-refractivity contribution in [2.45, 2.75) is 31.9 Å². The van der Waals surface area contributed by atoms with Crippen molar-refractivity contribution in [3.8, 4) is 11.8 Å².